The summed E-state index contributed by atoms with van der Waals surface area (Å²) in [5.41, 5.74) is 12.7. The van der Waals surface area contributed by atoms with E-state index in [4.69, 9.17) is 18.9 Å². The van der Waals surface area contributed by atoms with Crippen molar-refractivity contribution in [3.05, 3.63) is 239 Å². The molecule has 0 aliphatic carbocycles. The SMILES string of the molecule is COc1ccc(-c2ccc(Oc3ccc(Cc4ccc(C)cc4)cc3)cc2)cc1.COc1ccc(Oc2ccc(Cc3ccc(Cc4ccc(C)cc4)cc3)cc2)cc1. The van der Waals surface area contributed by atoms with E-state index in [9.17, 15) is 0 Å². The second kappa shape index (κ2) is 19.9. The van der Waals surface area contributed by atoms with Gasteiger partial charge in [0.1, 0.15) is 34.5 Å². The van der Waals surface area contributed by atoms with Crippen LogP contribution in [0, 0.1) is 13.8 Å². The zero-order chi connectivity index (χ0) is 40.8. The Morgan fingerprint density at radius 1 is 0.254 bits per heavy atom. The minimum absolute atomic E-state index is 0.799. The normalized spacial score (nSPS) is 10.6. The van der Waals surface area contributed by atoms with Gasteiger partial charge in [-0.15, -0.1) is 0 Å². The average molecular weight is 775 g/mol. The fraction of sp³-hybridized carbons (Fsp3) is 0.127. The molecule has 8 aromatic carbocycles. The van der Waals surface area contributed by atoms with Gasteiger partial charge < -0.3 is 18.9 Å². The zero-order valence-corrected chi connectivity index (χ0v) is 34.2. The summed E-state index contributed by atoms with van der Waals surface area (Å²) in [5, 5.41) is 0. The Morgan fingerprint density at radius 3 is 0.746 bits per heavy atom. The fourth-order valence-corrected chi connectivity index (χ4v) is 6.66. The van der Waals surface area contributed by atoms with Crippen molar-refractivity contribution in [2.75, 3.05) is 14.2 Å². The first-order valence-electron chi connectivity index (χ1n) is 20.0. The van der Waals surface area contributed by atoms with Crippen LogP contribution in [0.2, 0.25) is 0 Å². The van der Waals surface area contributed by atoms with Crippen molar-refractivity contribution in [3.63, 3.8) is 0 Å². The molecule has 0 aliphatic rings. The quantitative estimate of drug-likeness (QED) is 0.117. The third kappa shape index (κ3) is 12.0. The van der Waals surface area contributed by atoms with Crippen LogP contribution in [0.4, 0.5) is 0 Å². The van der Waals surface area contributed by atoms with Gasteiger partial charge in [-0.2, -0.15) is 0 Å². The van der Waals surface area contributed by atoms with Gasteiger partial charge in [0.15, 0.2) is 0 Å². The Bertz CT molecular complexity index is 2470. The molecule has 0 N–H and O–H groups in total. The molecule has 0 aliphatic heterocycles. The highest BCUT2D eigenvalue weighted by Crippen LogP contribution is 2.28. The molecule has 4 heteroatoms. The summed E-state index contributed by atoms with van der Waals surface area (Å²) < 4.78 is 22.3. The number of aryl methyl sites for hydroxylation is 2. The van der Waals surface area contributed by atoms with Gasteiger partial charge in [0.25, 0.3) is 0 Å². The van der Waals surface area contributed by atoms with E-state index in [2.05, 4.69) is 135 Å². The van der Waals surface area contributed by atoms with Crippen molar-refractivity contribution < 1.29 is 18.9 Å². The predicted octanol–water partition coefficient (Wildman–Crippen LogP) is 14.0. The average Bonchev–Trinajstić information content (AvgIpc) is 3.28. The van der Waals surface area contributed by atoms with E-state index in [1.807, 2.05) is 72.8 Å². The molecular formula is C55H50O4. The third-order valence-corrected chi connectivity index (χ3v) is 10.1. The Morgan fingerprint density at radius 2 is 0.458 bits per heavy atom. The minimum atomic E-state index is 0.799. The molecule has 59 heavy (non-hydrogen) atoms. The predicted molar refractivity (Wildman–Crippen MR) is 242 cm³/mol. The van der Waals surface area contributed by atoms with Gasteiger partial charge in [-0.25, -0.2) is 0 Å². The lowest BCUT2D eigenvalue weighted by Gasteiger charge is -2.09. The van der Waals surface area contributed by atoms with Crippen molar-refractivity contribution in [1.29, 1.82) is 0 Å². The molecule has 0 heterocycles. The number of benzene rings is 8. The monoisotopic (exact) mass is 774 g/mol. The zero-order valence-electron chi connectivity index (χ0n) is 34.2. The van der Waals surface area contributed by atoms with Crippen molar-refractivity contribution >= 4 is 0 Å². The van der Waals surface area contributed by atoms with Crippen LogP contribution in [0.3, 0.4) is 0 Å². The van der Waals surface area contributed by atoms with E-state index in [-0.39, 0.29) is 0 Å². The van der Waals surface area contributed by atoms with E-state index in [0.717, 1.165) is 64.9 Å². The molecule has 0 unspecified atom stereocenters. The van der Waals surface area contributed by atoms with Crippen LogP contribution >= 0.6 is 0 Å². The molecular weight excluding hydrogens is 725 g/mol. The van der Waals surface area contributed by atoms with Crippen molar-refractivity contribution in [2.45, 2.75) is 33.1 Å². The number of ether oxygens (including phenoxy) is 4. The first-order chi connectivity index (χ1) is 28.9. The molecule has 294 valence electrons. The molecule has 8 aromatic rings. The van der Waals surface area contributed by atoms with E-state index >= 15 is 0 Å². The smallest absolute Gasteiger partial charge is 0.127 e. The van der Waals surface area contributed by atoms with Crippen molar-refractivity contribution in [3.8, 4) is 45.6 Å². The van der Waals surface area contributed by atoms with Crippen LogP contribution in [0.5, 0.6) is 34.5 Å². The van der Waals surface area contributed by atoms with Crippen LogP contribution in [0.1, 0.15) is 44.5 Å². The molecule has 8 rings (SSSR count). The maximum atomic E-state index is 6.01. The largest absolute Gasteiger partial charge is 0.497 e. The van der Waals surface area contributed by atoms with E-state index in [1.165, 1.54) is 44.5 Å². The molecule has 0 amide bonds. The summed E-state index contributed by atoms with van der Waals surface area (Å²) in [6.45, 7) is 4.23. The molecule has 0 spiro atoms. The number of methoxy groups -OCH3 is 2. The van der Waals surface area contributed by atoms with Crippen molar-refractivity contribution in [2.24, 2.45) is 0 Å². The highest BCUT2D eigenvalue weighted by molar-refractivity contribution is 5.65. The Kier molecular flexibility index (Phi) is 13.5. The Labute approximate surface area is 349 Å². The summed E-state index contributed by atoms with van der Waals surface area (Å²) in [7, 11) is 3.34. The Balaban J connectivity index is 0.000000179. The van der Waals surface area contributed by atoms with Crippen molar-refractivity contribution in [1.82, 2.24) is 0 Å². The molecule has 0 saturated heterocycles. The first kappa shape index (κ1) is 40.2. The van der Waals surface area contributed by atoms with Gasteiger partial charge in [0.05, 0.1) is 14.2 Å². The topological polar surface area (TPSA) is 36.9 Å². The number of rotatable bonds is 13. The lowest BCUT2D eigenvalue weighted by molar-refractivity contribution is 0.413. The molecule has 4 nitrogen and oxygen atoms in total. The lowest BCUT2D eigenvalue weighted by atomic mass is 10.00. The second-order valence-electron chi connectivity index (χ2n) is 14.7. The maximum absolute atomic E-state index is 6.01. The van der Waals surface area contributed by atoms with Gasteiger partial charge in [0.2, 0.25) is 0 Å². The van der Waals surface area contributed by atoms with Gasteiger partial charge >= 0.3 is 0 Å². The van der Waals surface area contributed by atoms with Crippen LogP contribution in [0.25, 0.3) is 11.1 Å². The third-order valence-electron chi connectivity index (χ3n) is 10.1. The highest BCUT2D eigenvalue weighted by Gasteiger charge is 2.05. The summed E-state index contributed by atoms with van der Waals surface area (Å²) in [6, 6.07) is 66.8. The van der Waals surface area contributed by atoms with E-state index in [1.54, 1.807) is 14.2 Å². The molecule has 0 bridgehead atoms. The first-order valence-corrected chi connectivity index (χ1v) is 20.0. The molecule has 0 fully saturated rings. The summed E-state index contributed by atoms with van der Waals surface area (Å²) in [4.78, 5) is 0. The summed E-state index contributed by atoms with van der Waals surface area (Å²) >= 11 is 0. The molecule has 0 radical (unpaired) electrons. The summed E-state index contributed by atoms with van der Waals surface area (Å²) in [5.74, 6) is 4.98. The van der Waals surface area contributed by atoms with Crippen LogP contribution in [-0.2, 0) is 19.3 Å². The van der Waals surface area contributed by atoms with Gasteiger partial charge in [0, 0.05) is 0 Å². The van der Waals surface area contributed by atoms with Crippen LogP contribution < -0.4 is 18.9 Å². The Hall–Kier alpha value is -7.04. The molecule has 0 aromatic heterocycles. The molecule has 0 atom stereocenters. The highest BCUT2D eigenvalue weighted by atomic mass is 16.5. The van der Waals surface area contributed by atoms with Gasteiger partial charge in [-0.1, -0.05) is 132 Å². The summed E-state index contributed by atoms with van der Waals surface area (Å²) in [6.07, 6.45) is 2.81. The lowest BCUT2D eigenvalue weighted by Crippen LogP contribution is -1.92. The standard InChI is InChI=1S/C28H26O2.C27H24O2/c1-21-3-5-22(6-4-21)19-23-7-9-24(10-8-23)20-25-11-13-27(14-12-25)30-28-17-15-26(29-2)16-18-28;1-20-3-5-21(6-4-20)19-22-7-13-26(14-8-22)29-27-17-11-24(12-18-27)23-9-15-25(28-2)16-10-23/h3-18H,19-20H2,1-2H3;3-18H,19H2,1-2H3. The maximum Gasteiger partial charge on any atom is 0.127 e. The van der Waals surface area contributed by atoms with Crippen LogP contribution in [0.15, 0.2) is 194 Å². The number of hydrogen-bond acceptors (Lipinski definition) is 4. The molecule has 0 saturated carbocycles. The van der Waals surface area contributed by atoms with Crippen LogP contribution in [-0.4, -0.2) is 14.2 Å². The fourth-order valence-electron chi connectivity index (χ4n) is 6.66. The van der Waals surface area contributed by atoms with Gasteiger partial charge in [-0.3, -0.25) is 0 Å². The number of hydrogen-bond donors (Lipinski definition) is 0. The minimum Gasteiger partial charge on any atom is -0.497 e. The van der Waals surface area contributed by atoms with E-state index < -0.39 is 0 Å². The van der Waals surface area contributed by atoms with Gasteiger partial charge in [-0.05, 0) is 150 Å². The second-order valence-corrected chi connectivity index (χ2v) is 14.7. The van der Waals surface area contributed by atoms with E-state index in [0.29, 0.717) is 0 Å².